The van der Waals surface area contributed by atoms with E-state index in [0.717, 1.165) is 11.6 Å². The normalized spacial score (nSPS) is 11.5. The molecule has 1 atom stereocenters. The van der Waals surface area contributed by atoms with E-state index < -0.39 is 22.7 Å². The molecule has 0 spiro atoms. The second-order valence-corrected chi connectivity index (χ2v) is 4.94. The highest BCUT2D eigenvalue weighted by atomic mass is 16.6. The molecule has 0 radical (unpaired) electrons. The fourth-order valence-electron chi connectivity index (χ4n) is 2.20. The monoisotopic (exact) mass is 331 g/mol. The quantitative estimate of drug-likeness (QED) is 0.457. The first-order chi connectivity index (χ1) is 11.5. The van der Waals surface area contributed by atoms with Gasteiger partial charge in [-0.1, -0.05) is 30.3 Å². The average molecular weight is 331 g/mol. The predicted octanol–water partition coefficient (Wildman–Crippen LogP) is 3.53. The first-order valence-electron chi connectivity index (χ1n) is 7.14. The Bertz CT molecular complexity index is 744. The minimum Gasteiger partial charge on any atom is -0.493 e. The molecule has 2 rings (SSSR count). The number of hydrogen-bond donors (Lipinski definition) is 0. The maximum Gasteiger partial charge on any atom is 0.345 e. The third-order valence-electron chi connectivity index (χ3n) is 3.47. The van der Waals surface area contributed by atoms with E-state index in [1.54, 1.807) is 19.1 Å². The predicted molar refractivity (Wildman–Crippen MR) is 86.5 cm³/mol. The van der Waals surface area contributed by atoms with Crippen molar-refractivity contribution >= 4 is 11.7 Å². The van der Waals surface area contributed by atoms with Crippen molar-refractivity contribution < 1.29 is 23.9 Å². The topological polar surface area (TPSA) is 87.9 Å². The minimum atomic E-state index is -0.806. The molecule has 7 nitrogen and oxygen atoms in total. The van der Waals surface area contributed by atoms with E-state index in [0.29, 0.717) is 0 Å². The summed E-state index contributed by atoms with van der Waals surface area (Å²) in [5.41, 5.74) is 0.187. The Morgan fingerprint density at radius 1 is 1.08 bits per heavy atom. The Balaban J connectivity index is 2.35. The summed E-state index contributed by atoms with van der Waals surface area (Å²) in [4.78, 5) is 23.0. The lowest BCUT2D eigenvalue weighted by Gasteiger charge is -2.15. The third-order valence-corrected chi connectivity index (χ3v) is 3.47. The van der Waals surface area contributed by atoms with Crippen LogP contribution >= 0.6 is 0 Å². The van der Waals surface area contributed by atoms with Gasteiger partial charge in [0.15, 0.2) is 11.5 Å². The number of rotatable bonds is 6. The summed E-state index contributed by atoms with van der Waals surface area (Å²) >= 11 is 0. The molecule has 0 N–H and O–H groups in total. The SMILES string of the molecule is COc1cc(C(=O)O[C@H](C)c2ccccc2)c([N+](=O)[O-])cc1OC. The van der Waals surface area contributed by atoms with Crippen molar-refractivity contribution in [3.63, 3.8) is 0 Å². The van der Waals surface area contributed by atoms with Gasteiger partial charge in [0.2, 0.25) is 0 Å². The highest BCUT2D eigenvalue weighted by molar-refractivity contribution is 5.95. The van der Waals surface area contributed by atoms with Crippen molar-refractivity contribution in [1.82, 2.24) is 0 Å². The lowest BCUT2D eigenvalue weighted by atomic mass is 10.1. The fourth-order valence-corrected chi connectivity index (χ4v) is 2.20. The van der Waals surface area contributed by atoms with Crippen molar-refractivity contribution in [2.75, 3.05) is 14.2 Å². The Morgan fingerprint density at radius 3 is 2.21 bits per heavy atom. The van der Waals surface area contributed by atoms with Crippen molar-refractivity contribution in [3.8, 4) is 11.5 Å². The van der Waals surface area contributed by atoms with E-state index in [4.69, 9.17) is 14.2 Å². The van der Waals surface area contributed by atoms with Crippen molar-refractivity contribution in [3.05, 3.63) is 63.7 Å². The molecule has 0 unspecified atom stereocenters. The number of benzene rings is 2. The number of nitro groups is 1. The molecule has 0 saturated heterocycles. The highest BCUT2D eigenvalue weighted by Crippen LogP contribution is 2.35. The smallest absolute Gasteiger partial charge is 0.345 e. The maximum atomic E-state index is 12.4. The highest BCUT2D eigenvalue weighted by Gasteiger charge is 2.27. The number of ether oxygens (including phenoxy) is 3. The zero-order valence-electron chi connectivity index (χ0n) is 13.5. The maximum absolute atomic E-state index is 12.4. The molecule has 0 aliphatic heterocycles. The van der Waals surface area contributed by atoms with Gasteiger partial charge in [-0.3, -0.25) is 10.1 Å². The van der Waals surface area contributed by atoms with Crippen LogP contribution < -0.4 is 9.47 Å². The van der Waals surface area contributed by atoms with Gasteiger partial charge in [-0.25, -0.2) is 4.79 Å². The average Bonchev–Trinajstić information content (AvgIpc) is 2.60. The molecular formula is C17H17NO6. The second-order valence-electron chi connectivity index (χ2n) is 4.94. The first kappa shape index (κ1) is 17.3. The number of hydrogen-bond acceptors (Lipinski definition) is 6. The van der Waals surface area contributed by atoms with Crippen molar-refractivity contribution in [1.29, 1.82) is 0 Å². The molecule has 0 aliphatic carbocycles. The molecule has 0 bridgehead atoms. The first-order valence-corrected chi connectivity index (χ1v) is 7.14. The third kappa shape index (κ3) is 3.62. The molecule has 126 valence electrons. The van der Waals surface area contributed by atoms with E-state index in [-0.39, 0.29) is 17.1 Å². The van der Waals surface area contributed by atoms with Gasteiger partial charge in [0.05, 0.1) is 25.2 Å². The van der Waals surface area contributed by atoms with E-state index >= 15 is 0 Å². The number of nitrogens with zero attached hydrogens (tertiary/aromatic N) is 1. The van der Waals surface area contributed by atoms with Gasteiger partial charge in [0, 0.05) is 6.07 Å². The Kier molecular flexibility index (Phi) is 5.36. The second kappa shape index (κ2) is 7.45. The summed E-state index contributed by atoms with van der Waals surface area (Å²) in [6, 6.07) is 11.5. The van der Waals surface area contributed by atoms with Crippen LogP contribution in [-0.4, -0.2) is 25.1 Å². The zero-order chi connectivity index (χ0) is 17.7. The summed E-state index contributed by atoms with van der Waals surface area (Å²) in [7, 11) is 2.74. The van der Waals surface area contributed by atoms with Gasteiger partial charge < -0.3 is 14.2 Å². The van der Waals surface area contributed by atoms with Crippen LogP contribution in [0.2, 0.25) is 0 Å². The molecule has 0 amide bonds. The number of esters is 1. The molecule has 0 saturated carbocycles. The largest absolute Gasteiger partial charge is 0.493 e. The summed E-state index contributed by atoms with van der Waals surface area (Å²) < 4.78 is 15.5. The number of nitro benzene ring substituents is 1. The summed E-state index contributed by atoms with van der Waals surface area (Å²) in [6.07, 6.45) is -0.550. The summed E-state index contributed by atoms with van der Waals surface area (Å²) in [5.74, 6) is -0.432. The molecule has 0 aliphatic rings. The molecule has 2 aromatic rings. The van der Waals surface area contributed by atoms with Crippen LogP contribution in [0.1, 0.15) is 28.9 Å². The number of carbonyl (C=O) groups is 1. The Hall–Kier alpha value is -3.09. The van der Waals surface area contributed by atoms with Gasteiger partial charge in [-0.05, 0) is 12.5 Å². The molecule has 24 heavy (non-hydrogen) atoms. The van der Waals surface area contributed by atoms with Crippen LogP contribution in [0, 0.1) is 10.1 Å². The van der Waals surface area contributed by atoms with Crippen molar-refractivity contribution in [2.45, 2.75) is 13.0 Å². The molecule has 0 heterocycles. The summed E-state index contributed by atoms with van der Waals surface area (Å²) in [5, 5.41) is 11.3. The molecule has 0 fully saturated rings. The van der Waals surface area contributed by atoms with E-state index in [1.807, 2.05) is 18.2 Å². The van der Waals surface area contributed by atoms with Crippen LogP contribution in [0.4, 0.5) is 5.69 Å². The molecule has 0 aromatic heterocycles. The van der Waals surface area contributed by atoms with E-state index in [9.17, 15) is 14.9 Å². The number of carbonyl (C=O) groups excluding carboxylic acids is 1. The van der Waals surface area contributed by atoms with Gasteiger partial charge in [-0.2, -0.15) is 0 Å². The van der Waals surface area contributed by atoms with Crippen LogP contribution in [0.3, 0.4) is 0 Å². The van der Waals surface area contributed by atoms with E-state index in [2.05, 4.69) is 0 Å². The Labute approximate surface area is 138 Å². The van der Waals surface area contributed by atoms with Gasteiger partial charge >= 0.3 is 5.97 Å². The van der Waals surface area contributed by atoms with Gasteiger partial charge in [-0.15, -0.1) is 0 Å². The minimum absolute atomic E-state index is 0.164. The zero-order valence-corrected chi connectivity index (χ0v) is 13.5. The lowest BCUT2D eigenvalue weighted by Crippen LogP contribution is -2.12. The molecule has 7 heteroatoms. The lowest BCUT2D eigenvalue weighted by molar-refractivity contribution is -0.385. The van der Waals surface area contributed by atoms with Crippen LogP contribution in [0.15, 0.2) is 42.5 Å². The standard InChI is InChI=1S/C17H17NO6/c1-11(12-7-5-4-6-8-12)24-17(19)13-9-15(22-2)16(23-3)10-14(13)18(20)21/h4-11H,1-3H3/t11-/m1/s1. The van der Waals surface area contributed by atoms with Crippen molar-refractivity contribution in [2.24, 2.45) is 0 Å². The van der Waals surface area contributed by atoms with E-state index in [1.165, 1.54) is 20.3 Å². The molecule has 2 aromatic carbocycles. The van der Waals surface area contributed by atoms with Gasteiger partial charge in [0.1, 0.15) is 11.7 Å². The van der Waals surface area contributed by atoms with Gasteiger partial charge in [0.25, 0.3) is 5.69 Å². The number of methoxy groups -OCH3 is 2. The molecular weight excluding hydrogens is 314 g/mol. The Morgan fingerprint density at radius 2 is 1.67 bits per heavy atom. The fraction of sp³-hybridized carbons (Fsp3) is 0.235. The summed E-state index contributed by atoms with van der Waals surface area (Å²) in [6.45, 7) is 1.69. The van der Waals surface area contributed by atoms with Crippen LogP contribution in [0.5, 0.6) is 11.5 Å². The van der Waals surface area contributed by atoms with Crippen LogP contribution in [0.25, 0.3) is 0 Å². The van der Waals surface area contributed by atoms with Crippen LogP contribution in [-0.2, 0) is 4.74 Å².